The molecule has 0 aromatic carbocycles. The van der Waals surface area contributed by atoms with E-state index >= 15 is 0 Å². The van der Waals surface area contributed by atoms with E-state index in [2.05, 4.69) is 10.1 Å². The Morgan fingerprint density at radius 3 is 2.95 bits per heavy atom. The molecule has 0 aliphatic heterocycles. The van der Waals surface area contributed by atoms with Crippen LogP contribution in [0.3, 0.4) is 0 Å². The molecule has 0 saturated carbocycles. The number of aromatic nitrogens is 3. The van der Waals surface area contributed by atoms with Gasteiger partial charge in [-0.1, -0.05) is 13.0 Å². The van der Waals surface area contributed by atoms with Crippen molar-refractivity contribution in [1.29, 1.82) is 0 Å². The third kappa shape index (κ3) is 2.36. The van der Waals surface area contributed by atoms with Crippen LogP contribution in [0.5, 0.6) is 0 Å². The molecule has 21 heavy (non-hydrogen) atoms. The number of carboxylic acid groups (broad SMARTS) is 1. The molecular formula is C14H13N3O3S. The summed E-state index contributed by atoms with van der Waals surface area (Å²) in [4.78, 5) is 16.4. The van der Waals surface area contributed by atoms with Gasteiger partial charge in [0.2, 0.25) is 5.89 Å². The largest absolute Gasteiger partial charge is 0.476 e. The van der Waals surface area contributed by atoms with Crippen LogP contribution in [0.1, 0.15) is 23.1 Å². The minimum absolute atomic E-state index is 0.0823. The van der Waals surface area contributed by atoms with Crippen molar-refractivity contribution in [2.75, 3.05) is 0 Å². The summed E-state index contributed by atoms with van der Waals surface area (Å²) in [6.45, 7) is 1.96. The first-order chi connectivity index (χ1) is 10.1. The quantitative estimate of drug-likeness (QED) is 0.801. The summed E-state index contributed by atoms with van der Waals surface area (Å²) in [6.07, 6.45) is 2.44. The zero-order valence-corrected chi connectivity index (χ0v) is 12.3. The fraction of sp³-hybridized carbons (Fsp3) is 0.214. The van der Waals surface area contributed by atoms with Crippen LogP contribution in [0.15, 0.2) is 28.1 Å². The first kappa shape index (κ1) is 13.6. The highest BCUT2D eigenvalue weighted by molar-refractivity contribution is 7.13. The van der Waals surface area contributed by atoms with Crippen molar-refractivity contribution in [1.82, 2.24) is 14.8 Å². The van der Waals surface area contributed by atoms with Crippen molar-refractivity contribution in [3.8, 4) is 22.1 Å². The van der Waals surface area contributed by atoms with Crippen LogP contribution in [0.2, 0.25) is 0 Å². The van der Waals surface area contributed by atoms with Crippen molar-refractivity contribution in [2.45, 2.75) is 13.3 Å². The SMILES string of the molecule is CCc1nn(C)cc1-c1oc(-c2cccs2)nc1C(=O)O. The molecule has 7 heteroatoms. The van der Waals surface area contributed by atoms with Gasteiger partial charge in [0.25, 0.3) is 0 Å². The molecule has 3 rings (SSSR count). The van der Waals surface area contributed by atoms with Gasteiger partial charge in [0.1, 0.15) is 0 Å². The van der Waals surface area contributed by atoms with Crippen LogP contribution in [0.25, 0.3) is 22.1 Å². The molecule has 0 saturated heterocycles. The van der Waals surface area contributed by atoms with Crippen molar-refractivity contribution in [3.63, 3.8) is 0 Å². The Kier molecular flexibility index (Phi) is 3.34. The first-order valence-corrected chi connectivity index (χ1v) is 7.29. The molecule has 0 amide bonds. The normalized spacial score (nSPS) is 11.0. The van der Waals surface area contributed by atoms with Gasteiger partial charge in [-0.05, 0) is 17.9 Å². The van der Waals surface area contributed by atoms with Crippen molar-refractivity contribution in [3.05, 3.63) is 35.1 Å². The highest BCUT2D eigenvalue weighted by atomic mass is 32.1. The number of nitrogens with zero attached hydrogens (tertiary/aromatic N) is 3. The van der Waals surface area contributed by atoms with Gasteiger partial charge in [0.15, 0.2) is 11.5 Å². The van der Waals surface area contributed by atoms with E-state index in [-0.39, 0.29) is 11.5 Å². The number of oxazole rings is 1. The van der Waals surface area contributed by atoms with Crippen LogP contribution in [-0.4, -0.2) is 25.8 Å². The van der Waals surface area contributed by atoms with Crippen LogP contribution in [0.4, 0.5) is 0 Å². The Bertz CT molecular complexity index is 787. The van der Waals surface area contributed by atoms with Gasteiger partial charge in [-0.3, -0.25) is 4.68 Å². The molecule has 0 spiro atoms. The summed E-state index contributed by atoms with van der Waals surface area (Å²) in [7, 11) is 1.79. The zero-order chi connectivity index (χ0) is 15.0. The van der Waals surface area contributed by atoms with Gasteiger partial charge < -0.3 is 9.52 Å². The molecular weight excluding hydrogens is 290 g/mol. The lowest BCUT2D eigenvalue weighted by Crippen LogP contribution is -1.99. The predicted octanol–water partition coefficient (Wildman–Crippen LogP) is 3.06. The Hall–Kier alpha value is -2.41. The van der Waals surface area contributed by atoms with Gasteiger partial charge in [0.05, 0.1) is 16.1 Å². The second-order valence-corrected chi connectivity index (χ2v) is 5.44. The van der Waals surface area contributed by atoms with Crippen molar-refractivity contribution in [2.24, 2.45) is 7.05 Å². The van der Waals surface area contributed by atoms with E-state index in [1.165, 1.54) is 11.3 Å². The summed E-state index contributed by atoms with van der Waals surface area (Å²) in [5.41, 5.74) is 1.38. The summed E-state index contributed by atoms with van der Waals surface area (Å²) < 4.78 is 7.37. The van der Waals surface area contributed by atoms with Crippen LogP contribution >= 0.6 is 11.3 Å². The number of aryl methyl sites for hydroxylation is 2. The summed E-state index contributed by atoms with van der Waals surface area (Å²) in [5, 5.41) is 15.6. The second-order valence-electron chi connectivity index (χ2n) is 4.50. The lowest BCUT2D eigenvalue weighted by molar-refractivity contribution is 0.0691. The number of carboxylic acids is 1. The van der Waals surface area contributed by atoms with Gasteiger partial charge in [-0.15, -0.1) is 11.3 Å². The van der Waals surface area contributed by atoms with Crippen molar-refractivity contribution < 1.29 is 14.3 Å². The maximum Gasteiger partial charge on any atom is 0.358 e. The highest BCUT2D eigenvalue weighted by Gasteiger charge is 2.25. The van der Waals surface area contributed by atoms with Gasteiger partial charge in [0, 0.05) is 13.2 Å². The summed E-state index contributed by atoms with van der Waals surface area (Å²) in [6, 6.07) is 3.71. The van der Waals surface area contributed by atoms with Crippen LogP contribution in [0, 0.1) is 0 Å². The number of hydrogen-bond donors (Lipinski definition) is 1. The molecule has 3 aromatic rings. The predicted molar refractivity (Wildman–Crippen MR) is 78.4 cm³/mol. The van der Waals surface area contributed by atoms with E-state index in [0.29, 0.717) is 17.9 Å². The highest BCUT2D eigenvalue weighted by Crippen LogP contribution is 2.33. The fourth-order valence-electron chi connectivity index (χ4n) is 2.14. The minimum Gasteiger partial charge on any atom is -0.476 e. The Labute approximate surface area is 124 Å². The fourth-order valence-corrected chi connectivity index (χ4v) is 2.79. The standard InChI is InChI=1S/C14H13N3O3S/c1-3-9-8(7-17(2)16-9)12-11(14(18)19)15-13(20-12)10-5-4-6-21-10/h4-7H,3H2,1-2H3,(H,18,19). The Morgan fingerprint density at radius 2 is 2.33 bits per heavy atom. The maximum atomic E-state index is 11.4. The van der Waals surface area contributed by atoms with E-state index in [0.717, 1.165) is 10.6 Å². The third-order valence-corrected chi connectivity index (χ3v) is 3.90. The molecule has 0 atom stereocenters. The van der Waals surface area contributed by atoms with E-state index in [9.17, 15) is 9.90 Å². The maximum absolute atomic E-state index is 11.4. The zero-order valence-electron chi connectivity index (χ0n) is 11.5. The molecule has 0 radical (unpaired) electrons. The molecule has 0 bridgehead atoms. The van der Waals surface area contributed by atoms with E-state index < -0.39 is 5.97 Å². The molecule has 108 valence electrons. The minimum atomic E-state index is -1.11. The molecule has 0 unspecified atom stereocenters. The van der Waals surface area contributed by atoms with E-state index in [1.807, 2.05) is 24.4 Å². The summed E-state index contributed by atoms with van der Waals surface area (Å²) >= 11 is 1.45. The molecule has 3 heterocycles. The monoisotopic (exact) mass is 303 g/mol. The molecule has 0 aliphatic rings. The van der Waals surface area contributed by atoms with Crippen molar-refractivity contribution >= 4 is 17.3 Å². The lowest BCUT2D eigenvalue weighted by atomic mass is 10.1. The number of aromatic carboxylic acids is 1. The smallest absolute Gasteiger partial charge is 0.358 e. The molecule has 3 aromatic heterocycles. The number of carbonyl (C=O) groups is 1. The molecule has 0 aliphatic carbocycles. The third-order valence-electron chi connectivity index (χ3n) is 3.05. The Balaban J connectivity index is 2.19. The number of thiophene rings is 1. The van der Waals surface area contributed by atoms with Gasteiger partial charge in [-0.2, -0.15) is 5.10 Å². The second kappa shape index (κ2) is 5.17. The molecule has 6 nitrogen and oxygen atoms in total. The van der Waals surface area contributed by atoms with Gasteiger partial charge >= 0.3 is 5.97 Å². The summed E-state index contributed by atoms with van der Waals surface area (Å²) in [5.74, 6) is -0.526. The number of hydrogen-bond acceptors (Lipinski definition) is 5. The molecule has 0 fully saturated rings. The average molecular weight is 303 g/mol. The van der Waals surface area contributed by atoms with Crippen LogP contribution < -0.4 is 0 Å². The van der Waals surface area contributed by atoms with E-state index in [4.69, 9.17) is 4.42 Å². The lowest BCUT2D eigenvalue weighted by Gasteiger charge is -1.96. The Morgan fingerprint density at radius 1 is 1.52 bits per heavy atom. The first-order valence-electron chi connectivity index (χ1n) is 6.41. The number of rotatable bonds is 4. The van der Waals surface area contributed by atoms with E-state index in [1.54, 1.807) is 17.9 Å². The average Bonchev–Trinajstić information content (AvgIpc) is 3.16. The molecule has 1 N–H and O–H groups in total. The van der Waals surface area contributed by atoms with Crippen LogP contribution in [-0.2, 0) is 13.5 Å². The topological polar surface area (TPSA) is 81.2 Å². The van der Waals surface area contributed by atoms with Gasteiger partial charge in [-0.25, -0.2) is 9.78 Å².